The van der Waals surface area contributed by atoms with E-state index < -0.39 is 30.4 Å². The van der Waals surface area contributed by atoms with Crippen LogP contribution in [0.5, 0.6) is 5.75 Å². The van der Waals surface area contributed by atoms with Crippen molar-refractivity contribution in [1.29, 1.82) is 0 Å². The molecule has 2 amide bonds. The van der Waals surface area contributed by atoms with Gasteiger partial charge in [-0.05, 0) is 72.6 Å². The molecule has 1 atom stereocenters. The Hall–Kier alpha value is -5.31. The molecule has 9 nitrogen and oxygen atoms in total. The predicted molar refractivity (Wildman–Crippen MR) is 188 cm³/mol. The number of rotatable bonds is 15. The molecule has 4 rings (SSSR count). The first-order valence-corrected chi connectivity index (χ1v) is 16.2. The van der Waals surface area contributed by atoms with Crippen LogP contribution in [0.25, 0.3) is 22.5 Å². The highest BCUT2D eigenvalue weighted by molar-refractivity contribution is 5.98. The van der Waals surface area contributed by atoms with Gasteiger partial charge in [0, 0.05) is 35.5 Å². The molecule has 0 aliphatic carbocycles. The summed E-state index contributed by atoms with van der Waals surface area (Å²) in [6.07, 6.45) is 11.1. The summed E-state index contributed by atoms with van der Waals surface area (Å²) >= 11 is 0. The van der Waals surface area contributed by atoms with Gasteiger partial charge in [0.25, 0.3) is 5.91 Å². The molecule has 3 aromatic carbocycles. The van der Waals surface area contributed by atoms with Crippen molar-refractivity contribution in [3.8, 4) is 28.3 Å². The second-order valence-corrected chi connectivity index (χ2v) is 12.6. The molecule has 0 saturated carbocycles. The molecule has 0 fully saturated rings. The van der Waals surface area contributed by atoms with E-state index in [1.807, 2.05) is 67.6 Å². The third-order valence-corrected chi connectivity index (χ3v) is 7.81. The Kier molecular flexibility index (Phi) is 12.6. The molecule has 9 heteroatoms. The molecule has 0 aliphatic rings. The topological polar surface area (TPSA) is 131 Å². The quantitative estimate of drug-likeness (QED) is 0.0958. The van der Waals surface area contributed by atoms with E-state index in [1.165, 1.54) is 0 Å². The number of carbonyl (C=O) groups is 3. The molecule has 48 heavy (non-hydrogen) atoms. The molecule has 0 bridgehead atoms. The van der Waals surface area contributed by atoms with Gasteiger partial charge in [0.15, 0.2) is 5.82 Å². The number of nitrogens with one attached hydrogen (secondary N) is 2. The number of allylic oxidation sites excluding steroid dienone is 2. The van der Waals surface area contributed by atoms with Crippen LogP contribution in [0.1, 0.15) is 68.4 Å². The van der Waals surface area contributed by atoms with Crippen molar-refractivity contribution < 1.29 is 24.2 Å². The summed E-state index contributed by atoms with van der Waals surface area (Å²) in [6, 6.07) is 21.5. The second-order valence-electron chi connectivity index (χ2n) is 12.6. The molecule has 4 aromatic rings. The van der Waals surface area contributed by atoms with Gasteiger partial charge in [-0.2, -0.15) is 0 Å². The molecule has 0 spiro atoms. The summed E-state index contributed by atoms with van der Waals surface area (Å²) in [6.45, 7) is 8.43. The zero-order chi connectivity index (χ0) is 34.5. The van der Waals surface area contributed by atoms with Gasteiger partial charge in [-0.3, -0.25) is 14.4 Å². The molecule has 1 aromatic heterocycles. The smallest absolute Gasteiger partial charge is 0.322 e. The number of hydrogen-bond acceptors (Lipinski definition) is 6. The molecular weight excluding hydrogens is 604 g/mol. The van der Waals surface area contributed by atoms with Crippen LogP contribution in [-0.2, 0) is 21.4 Å². The molecule has 0 saturated heterocycles. The first-order chi connectivity index (χ1) is 23.0. The number of nitrogens with zero attached hydrogens (tertiary/aromatic N) is 2. The van der Waals surface area contributed by atoms with Gasteiger partial charge >= 0.3 is 5.97 Å². The Balaban J connectivity index is 1.39. The highest BCUT2D eigenvalue weighted by Gasteiger charge is 2.23. The molecule has 250 valence electrons. The Morgan fingerprint density at radius 1 is 0.854 bits per heavy atom. The summed E-state index contributed by atoms with van der Waals surface area (Å²) in [5.41, 5.74) is 4.85. The van der Waals surface area contributed by atoms with Crippen LogP contribution in [0.2, 0.25) is 0 Å². The van der Waals surface area contributed by atoms with E-state index in [0.29, 0.717) is 18.0 Å². The zero-order valence-electron chi connectivity index (χ0n) is 28.0. The van der Waals surface area contributed by atoms with Crippen LogP contribution >= 0.6 is 0 Å². The highest BCUT2D eigenvalue weighted by atomic mass is 16.5. The van der Waals surface area contributed by atoms with Crippen LogP contribution in [0, 0.1) is 0 Å². The third kappa shape index (κ3) is 10.6. The van der Waals surface area contributed by atoms with Crippen molar-refractivity contribution in [2.45, 2.75) is 64.8 Å². The minimum Gasteiger partial charge on any atom is -0.494 e. The van der Waals surface area contributed by atoms with Crippen molar-refractivity contribution >= 4 is 17.8 Å². The average molecular weight is 649 g/mol. The summed E-state index contributed by atoms with van der Waals surface area (Å²) in [5, 5.41) is 14.2. The number of amides is 2. The number of hydrogen-bond donors (Lipinski definition) is 3. The lowest BCUT2D eigenvalue weighted by atomic mass is 9.86. The Labute approximate surface area is 282 Å². The molecule has 3 N–H and O–H groups in total. The highest BCUT2D eigenvalue weighted by Crippen LogP contribution is 2.24. The van der Waals surface area contributed by atoms with E-state index in [1.54, 1.807) is 24.5 Å². The van der Waals surface area contributed by atoms with Crippen molar-refractivity contribution in [1.82, 2.24) is 20.6 Å². The molecular formula is C39H44N4O5. The van der Waals surface area contributed by atoms with Crippen LogP contribution in [0.4, 0.5) is 0 Å². The number of aliphatic carboxylic acids is 1. The standard InChI is InChI=1S/C39H44N4O5/c1-5-6-7-8-9-22-48-33-20-16-28(17-21-33)31-24-40-36(41-25-31)29-12-10-27(11-13-29)23-34(38(47)42-26-35(44)45)43-37(46)30-14-18-32(19-15-30)39(2,3)4/h5-6,10-21,24-25,34H,7-9,22-23,26H2,1-4H3,(H,42,47)(H,43,46)(H,44,45)/b6-5+/t34-/m0/s1. The minimum atomic E-state index is -1.17. The van der Waals surface area contributed by atoms with Gasteiger partial charge in [-0.25, -0.2) is 9.97 Å². The van der Waals surface area contributed by atoms with E-state index in [4.69, 9.17) is 9.84 Å². The fourth-order valence-corrected chi connectivity index (χ4v) is 4.97. The number of ether oxygens (including phenoxy) is 1. The Bertz CT molecular complexity index is 1680. The van der Waals surface area contributed by atoms with E-state index in [9.17, 15) is 14.4 Å². The van der Waals surface area contributed by atoms with Crippen molar-refractivity contribution in [3.05, 3.63) is 114 Å². The summed E-state index contributed by atoms with van der Waals surface area (Å²) in [7, 11) is 0. The fourth-order valence-electron chi connectivity index (χ4n) is 4.97. The Morgan fingerprint density at radius 2 is 1.50 bits per heavy atom. The van der Waals surface area contributed by atoms with Gasteiger partial charge < -0.3 is 20.5 Å². The zero-order valence-corrected chi connectivity index (χ0v) is 28.0. The number of carboxylic acid groups (broad SMARTS) is 1. The maximum Gasteiger partial charge on any atom is 0.322 e. The van der Waals surface area contributed by atoms with E-state index >= 15 is 0 Å². The monoisotopic (exact) mass is 648 g/mol. The number of carbonyl (C=O) groups excluding carboxylic acids is 2. The molecule has 0 unspecified atom stereocenters. The fraction of sp³-hybridized carbons (Fsp3) is 0.308. The third-order valence-electron chi connectivity index (χ3n) is 7.81. The van der Waals surface area contributed by atoms with Gasteiger partial charge in [-0.1, -0.05) is 81.5 Å². The summed E-state index contributed by atoms with van der Waals surface area (Å²) in [4.78, 5) is 46.2. The Morgan fingerprint density at radius 3 is 2.10 bits per heavy atom. The SMILES string of the molecule is C/C=C/CCCCOc1ccc(-c2cnc(-c3ccc(C[C@H](NC(=O)c4ccc(C(C)(C)C)cc4)C(=O)NCC(=O)O)cc3)nc2)cc1. The van der Waals surface area contributed by atoms with Gasteiger partial charge in [0.05, 0.1) is 6.61 Å². The second kappa shape index (κ2) is 17.0. The largest absolute Gasteiger partial charge is 0.494 e. The van der Waals surface area contributed by atoms with Crippen LogP contribution in [0.3, 0.4) is 0 Å². The average Bonchev–Trinajstić information content (AvgIpc) is 3.08. The predicted octanol–water partition coefficient (Wildman–Crippen LogP) is 6.78. The number of unbranched alkanes of at least 4 members (excludes halogenated alkanes) is 2. The van der Waals surface area contributed by atoms with E-state index in [-0.39, 0.29) is 11.8 Å². The van der Waals surface area contributed by atoms with Crippen LogP contribution < -0.4 is 15.4 Å². The number of benzene rings is 3. The van der Waals surface area contributed by atoms with Crippen LogP contribution in [-0.4, -0.2) is 52.1 Å². The van der Waals surface area contributed by atoms with Crippen molar-refractivity contribution in [2.75, 3.05) is 13.2 Å². The van der Waals surface area contributed by atoms with Gasteiger partial charge in [-0.15, -0.1) is 0 Å². The van der Waals surface area contributed by atoms with Crippen molar-refractivity contribution in [2.24, 2.45) is 0 Å². The molecule has 0 aliphatic heterocycles. The van der Waals surface area contributed by atoms with E-state index in [0.717, 1.165) is 52.8 Å². The molecule has 0 radical (unpaired) electrons. The number of carboxylic acids is 1. The summed E-state index contributed by atoms with van der Waals surface area (Å²) < 4.78 is 5.85. The minimum absolute atomic E-state index is 0.0686. The first kappa shape index (κ1) is 35.5. The maximum absolute atomic E-state index is 13.1. The van der Waals surface area contributed by atoms with Crippen molar-refractivity contribution in [3.63, 3.8) is 0 Å². The lowest BCUT2D eigenvalue weighted by molar-refractivity contribution is -0.138. The summed E-state index contributed by atoms with van der Waals surface area (Å²) in [5.74, 6) is -0.799. The van der Waals surface area contributed by atoms with E-state index in [2.05, 4.69) is 53.5 Å². The first-order valence-electron chi connectivity index (χ1n) is 16.2. The maximum atomic E-state index is 13.1. The lowest BCUT2D eigenvalue weighted by Gasteiger charge is -2.20. The van der Waals surface area contributed by atoms with Crippen LogP contribution in [0.15, 0.2) is 97.3 Å². The normalized spacial score (nSPS) is 12.0. The van der Waals surface area contributed by atoms with Gasteiger partial charge in [0.1, 0.15) is 18.3 Å². The van der Waals surface area contributed by atoms with Gasteiger partial charge in [0.2, 0.25) is 5.91 Å². The number of aromatic nitrogens is 2. The molecule has 1 heterocycles. The lowest BCUT2D eigenvalue weighted by Crippen LogP contribution is -2.49.